The van der Waals surface area contributed by atoms with E-state index in [0.717, 1.165) is 10.1 Å². The van der Waals surface area contributed by atoms with Crippen molar-refractivity contribution in [2.75, 3.05) is 7.11 Å². The molecule has 8 heteroatoms. The number of carbonyl (C=O) groups is 2. The molecule has 0 unspecified atom stereocenters. The van der Waals surface area contributed by atoms with Crippen LogP contribution in [0.15, 0.2) is 42.5 Å². The van der Waals surface area contributed by atoms with Crippen molar-refractivity contribution in [1.29, 1.82) is 0 Å². The van der Waals surface area contributed by atoms with Crippen molar-refractivity contribution in [1.82, 2.24) is 9.55 Å². The zero-order chi connectivity index (χ0) is 21.2. The van der Waals surface area contributed by atoms with Crippen LogP contribution in [0.3, 0.4) is 0 Å². The molecule has 2 heterocycles. The number of rotatable bonds is 4. The lowest BCUT2D eigenvalue weighted by Gasteiger charge is -2.20. The predicted octanol–water partition coefficient (Wildman–Crippen LogP) is 4.84. The maximum atomic E-state index is 12.7. The summed E-state index contributed by atoms with van der Waals surface area (Å²) in [7, 11) is 1.23. The van der Waals surface area contributed by atoms with E-state index in [1.165, 1.54) is 13.2 Å². The minimum absolute atomic E-state index is 0.0134. The Morgan fingerprint density at radius 3 is 2.45 bits per heavy atom. The number of carbonyl (C=O) groups excluding carboxylic acids is 2. The largest absolute Gasteiger partial charge is 0.486 e. The molecular formula is C21H21ClN2O5. The smallest absolute Gasteiger partial charge is 0.420 e. The molecule has 3 rings (SSSR count). The summed E-state index contributed by atoms with van der Waals surface area (Å²) < 4.78 is 17.0. The zero-order valence-corrected chi connectivity index (χ0v) is 17.3. The highest BCUT2D eigenvalue weighted by Gasteiger charge is 2.27. The Morgan fingerprint density at radius 2 is 1.83 bits per heavy atom. The van der Waals surface area contributed by atoms with Gasteiger partial charge in [-0.3, -0.25) is 0 Å². The number of halogens is 1. The Morgan fingerprint density at radius 1 is 1.14 bits per heavy atom. The number of nitrogens with zero attached hydrogens (tertiary/aromatic N) is 2. The molecule has 0 saturated heterocycles. The summed E-state index contributed by atoms with van der Waals surface area (Å²) in [6, 6.07) is 12.7. The Hall–Kier alpha value is -3.06. The van der Waals surface area contributed by atoms with Gasteiger partial charge in [0, 0.05) is 5.39 Å². The molecule has 7 nitrogen and oxygen atoms in total. The number of aromatic nitrogens is 2. The molecule has 0 radical (unpaired) electrons. The molecule has 152 valence electrons. The van der Waals surface area contributed by atoms with Gasteiger partial charge in [-0.2, -0.15) is 0 Å². The molecule has 0 atom stereocenters. The highest BCUT2D eigenvalue weighted by molar-refractivity contribution is 6.31. The summed E-state index contributed by atoms with van der Waals surface area (Å²) in [5.74, 6) is -0.363. The van der Waals surface area contributed by atoms with Gasteiger partial charge in [0.2, 0.25) is 0 Å². The average Bonchev–Trinajstić information content (AvgIpc) is 3.03. The van der Waals surface area contributed by atoms with Crippen LogP contribution in [0.4, 0.5) is 4.79 Å². The Kier molecular flexibility index (Phi) is 5.79. The SMILES string of the molecule is COC(=O)c1cc2cc(OCc3ccccc3)c(Cl)nc2n1C(=O)OC(C)(C)C. The minimum Gasteiger partial charge on any atom is -0.486 e. The molecule has 29 heavy (non-hydrogen) atoms. The molecule has 0 amide bonds. The summed E-state index contributed by atoms with van der Waals surface area (Å²) in [4.78, 5) is 29.2. The van der Waals surface area contributed by atoms with E-state index in [1.807, 2.05) is 30.3 Å². The lowest BCUT2D eigenvalue weighted by molar-refractivity contribution is 0.0489. The van der Waals surface area contributed by atoms with E-state index in [0.29, 0.717) is 17.7 Å². The first-order chi connectivity index (χ1) is 13.7. The van der Waals surface area contributed by atoms with Gasteiger partial charge in [0.1, 0.15) is 17.9 Å². The van der Waals surface area contributed by atoms with Crippen molar-refractivity contribution in [2.24, 2.45) is 0 Å². The monoisotopic (exact) mass is 416 g/mol. The Labute approximate surface area is 173 Å². The Bertz CT molecular complexity index is 1050. The van der Waals surface area contributed by atoms with Crippen molar-refractivity contribution < 1.29 is 23.8 Å². The number of ether oxygens (including phenoxy) is 3. The van der Waals surface area contributed by atoms with E-state index in [4.69, 9.17) is 25.8 Å². The summed E-state index contributed by atoms with van der Waals surface area (Å²) in [5.41, 5.74) is 0.367. The second kappa shape index (κ2) is 8.13. The molecule has 2 aromatic heterocycles. The standard InChI is InChI=1S/C21H21ClN2O5/c1-21(2,3)29-20(26)24-15(19(25)27-4)10-14-11-16(17(22)23-18(14)24)28-12-13-8-6-5-7-9-13/h5-11H,12H2,1-4H3. The fourth-order valence-corrected chi connectivity index (χ4v) is 2.86. The van der Waals surface area contributed by atoms with Crippen molar-refractivity contribution in [3.63, 3.8) is 0 Å². The number of benzene rings is 1. The average molecular weight is 417 g/mol. The van der Waals surface area contributed by atoms with Crippen LogP contribution in [-0.4, -0.2) is 34.3 Å². The second-order valence-corrected chi connectivity index (χ2v) is 7.66. The molecule has 0 aliphatic heterocycles. The molecule has 0 spiro atoms. The van der Waals surface area contributed by atoms with E-state index in [-0.39, 0.29) is 16.5 Å². The van der Waals surface area contributed by atoms with E-state index >= 15 is 0 Å². The van der Waals surface area contributed by atoms with Crippen molar-refractivity contribution in [3.05, 3.63) is 58.9 Å². The molecule has 0 N–H and O–H groups in total. The molecule has 3 aromatic rings. The van der Waals surface area contributed by atoms with Crippen LogP contribution < -0.4 is 4.74 Å². The van der Waals surface area contributed by atoms with Crippen molar-refractivity contribution in [3.8, 4) is 5.75 Å². The number of fused-ring (bicyclic) bond motifs is 1. The van der Waals surface area contributed by atoms with Gasteiger partial charge in [-0.25, -0.2) is 19.1 Å². The highest BCUT2D eigenvalue weighted by atomic mass is 35.5. The quantitative estimate of drug-likeness (QED) is 0.447. The number of hydrogen-bond acceptors (Lipinski definition) is 6. The molecule has 0 fully saturated rings. The lowest BCUT2D eigenvalue weighted by atomic mass is 10.2. The van der Waals surface area contributed by atoms with Crippen LogP contribution in [0, 0.1) is 0 Å². The van der Waals surface area contributed by atoms with Gasteiger partial charge >= 0.3 is 12.1 Å². The summed E-state index contributed by atoms with van der Waals surface area (Å²) in [6.07, 6.45) is -0.755. The molecule has 0 saturated carbocycles. The van der Waals surface area contributed by atoms with Crippen LogP contribution in [0.1, 0.15) is 36.8 Å². The number of methoxy groups -OCH3 is 1. The van der Waals surface area contributed by atoms with E-state index in [2.05, 4.69) is 4.98 Å². The number of pyridine rings is 1. The third-order valence-electron chi connectivity index (χ3n) is 3.90. The third-order valence-corrected chi connectivity index (χ3v) is 4.18. The molecular weight excluding hydrogens is 396 g/mol. The predicted molar refractivity (Wildman–Crippen MR) is 108 cm³/mol. The van der Waals surface area contributed by atoms with Crippen LogP contribution in [0.2, 0.25) is 5.15 Å². The van der Waals surface area contributed by atoms with E-state index in [1.54, 1.807) is 26.8 Å². The van der Waals surface area contributed by atoms with Gasteiger partial charge in [-0.1, -0.05) is 41.9 Å². The number of esters is 1. The van der Waals surface area contributed by atoms with Crippen LogP contribution in [0.5, 0.6) is 5.75 Å². The first-order valence-corrected chi connectivity index (χ1v) is 9.28. The Balaban J connectivity index is 2.02. The van der Waals surface area contributed by atoms with Gasteiger partial charge in [-0.15, -0.1) is 0 Å². The normalized spacial score (nSPS) is 11.3. The van der Waals surface area contributed by atoms with Crippen molar-refractivity contribution >= 4 is 34.7 Å². The second-order valence-electron chi connectivity index (χ2n) is 7.30. The van der Waals surface area contributed by atoms with Gasteiger partial charge < -0.3 is 14.2 Å². The zero-order valence-electron chi connectivity index (χ0n) is 16.6. The van der Waals surface area contributed by atoms with E-state index < -0.39 is 17.7 Å². The van der Waals surface area contributed by atoms with Crippen LogP contribution in [-0.2, 0) is 16.1 Å². The first-order valence-electron chi connectivity index (χ1n) is 8.90. The fraction of sp³-hybridized carbons (Fsp3) is 0.286. The number of hydrogen-bond donors (Lipinski definition) is 0. The summed E-state index contributed by atoms with van der Waals surface area (Å²) in [5, 5.41) is 0.552. The highest BCUT2D eigenvalue weighted by Crippen LogP contribution is 2.30. The molecule has 0 aliphatic carbocycles. The van der Waals surface area contributed by atoms with Gasteiger partial charge in [0.25, 0.3) is 0 Å². The van der Waals surface area contributed by atoms with Gasteiger partial charge in [0.15, 0.2) is 16.5 Å². The van der Waals surface area contributed by atoms with Gasteiger partial charge in [0.05, 0.1) is 7.11 Å². The minimum atomic E-state index is -0.760. The summed E-state index contributed by atoms with van der Waals surface area (Å²) in [6.45, 7) is 5.48. The fourth-order valence-electron chi connectivity index (χ4n) is 2.67. The van der Waals surface area contributed by atoms with Crippen LogP contribution in [0.25, 0.3) is 11.0 Å². The third kappa shape index (κ3) is 4.68. The molecule has 1 aromatic carbocycles. The van der Waals surface area contributed by atoms with Crippen LogP contribution >= 0.6 is 11.6 Å². The lowest BCUT2D eigenvalue weighted by Crippen LogP contribution is -2.29. The maximum absolute atomic E-state index is 12.7. The maximum Gasteiger partial charge on any atom is 0.420 e. The molecule has 0 aliphatic rings. The summed E-state index contributed by atoms with van der Waals surface area (Å²) >= 11 is 6.28. The van der Waals surface area contributed by atoms with Gasteiger partial charge in [-0.05, 0) is 38.5 Å². The topological polar surface area (TPSA) is 79.7 Å². The van der Waals surface area contributed by atoms with E-state index in [9.17, 15) is 9.59 Å². The molecule has 0 bridgehead atoms. The van der Waals surface area contributed by atoms with Crippen molar-refractivity contribution in [2.45, 2.75) is 33.0 Å². The first kappa shape index (κ1) is 20.7.